The lowest BCUT2D eigenvalue weighted by atomic mass is 10.5. The van der Waals surface area contributed by atoms with Gasteiger partial charge in [-0.15, -0.1) is 0 Å². The lowest BCUT2D eigenvalue weighted by molar-refractivity contribution is -0.139. The first-order valence-corrected chi connectivity index (χ1v) is 3.13. The molecule has 0 unspecified atom stereocenters. The van der Waals surface area contributed by atoms with Crippen LogP contribution in [0.1, 0.15) is 6.92 Å². The van der Waals surface area contributed by atoms with E-state index in [4.69, 9.17) is 0 Å². The van der Waals surface area contributed by atoms with Crippen LogP contribution in [-0.4, -0.2) is 31.6 Å². The summed E-state index contributed by atoms with van der Waals surface area (Å²) in [4.78, 5) is 12.4. The highest BCUT2D eigenvalue weighted by Crippen LogP contribution is 1.96. The van der Waals surface area contributed by atoms with Gasteiger partial charge in [-0.2, -0.15) is 0 Å². The Morgan fingerprint density at radius 2 is 2.10 bits per heavy atom. The highest BCUT2D eigenvalue weighted by Gasteiger charge is 2.07. The summed E-state index contributed by atoms with van der Waals surface area (Å²) in [5.74, 6) is -0.354. The zero-order valence-corrected chi connectivity index (χ0v) is 6.68. The first-order chi connectivity index (χ1) is 4.59. The minimum atomic E-state index is -0.354. The van der Waals surface area contributed by atoms with Gasteiger partial charge in [0, 0.05) is 14.1 Å². The average molecular weight is 143 g/mol. The molecule has 0 aromatic heterocycles. The van der Waals surface area contributed by atoms with E-state index in [1.807, 2.05) is 0 Å². The molecule has 0 spiro atoms. The van der Waals surface area contributed by atoms with Gasteiger partial charge < -0.3 is 9.64 Å². The topological polar surface area (TPSA) is 29.5 Å². The van der Waals surface area contributed by atoms with E-state index in [0.717, 1.165) is 0 Å². The molecule has 58 valence electrons. The van der Waals surface area contributed by atoms with Crippen molar-refractivity contribution in [2.45, 2.75) is 6.92 Å². The summed E-state index contributed by atoms with van der Waals surface area (Å²) in [6.45, 7) is 5.68. The van der Waals surface area contributed by atoms with Crippen LogP contribution in [0, 0.1) is 0 Å². The van der Waals surface area contributed by atoms with Gasteiger partial charge >= 0.3 is 5.97 Å². The van der Waals surface area contributed by atoms with E-state index in [1.54, 1.807) is 25.9 Å². The SMILES string of the molecule is C=C(C(=O)OCC)N(C)C. The Hall–Kier alpha value is -0.990. The number of carbonyl (C=O) groups excluding carboxylic acids is 1. The van der Waals surface area contributed by atoms with Crippen molar-refractivity contribution in [1.29, 1.82) is 0 Å². The predicted octanol–water partition coefficient (Wildman–Crippen LogP) is 0.625. The van der Waals surface area contributed by atoms with Gasteiger partial charge in [0.25, 0.3) is 0 Å². The summed E-state index contributed by atoms with van der Waals surface area (Å²) in [6.07, 6.45) is 0. The second-order valence-corrected chi connectivity index (χ2v) is 2.06. The Morgan fingerprint density at radius 3 is 2.40 bits per heavy atom. The van der Waals surface area contributed by atoms with Crippen LogP contribution in [0.4, 0.5) is 0 Å². The summed E-state index contributed by atoms with van der Waals surface area (Å²) >= 11 is 0. The van der Waals surface area contributed by atoms with Crippen LogP contribution >= 0.6 is 0 Å². The highest BCUT2D eigenvalue weighted by atomic mass is 16.5. The minimum absolute atomic E-state index is 0.354. The molecule has 0 radical (unpaired) electrons. The number of hydrogen-bond acceptors (Lipinski definition) is 3. The van der Waals surface area contributed by atoms with E-state index < -0.39 is 0 Å². The Labute approximate surface area is 61.3 Å². The number of esters is 1. The number of ether oxygens (including phenoxy) is 1. The van der Waals surface area contributed by atoms with E-state index in [-0.39, 0.29) is 5.97 Å². The Kier molecular flexibility index (Phi) is 3.54. The standard InChI is InChI=1S/C7H13NO2/c1-5-10-7(9)6(2)8(3)4/h2,5H2,1,3-4H3. The zero-order chi connectivity index (χ0) is 8.15. The van der Waals surface area contributed by atoms with Gasteiger partial charge in [-0.05, 0) is 6.92 Å². The molecule has 0 aliphatic carbocycles. The van der Waals surface area contributed by atoms with Gasteiger partial charge in [-0.1, -0.05) is 6.58 Å². The third kappa shape index (κ3) is 2.53. The lowest BCUT2D eigenvalue weighted by Crippen LogP contribution is -2.20. The lowest BCUT2D eigenvalue weighted by Gasteiger charge is -2.12. The molecule has 3 heteroatoms. The molecule has 0 rings (SSSR count). The molecule has 3 nitrogen and oxygen atoms in total. The summed E-state index contributed by atoms with van der Waals surface area (Å²) in [5, 5.41) is 0. The first-order valence-electron chi connectivity index (χ1n) is 3.13. The molecule has 0 aliphatic rings. The van der Waals surface area contributed by atoms with Crippen molar-refractivity contribution in [3.05, 3.63) is 12.3 Å². The van der Waals surface area contributed by atoms with Gasteiger partial charge in [-0.3, -0.25) is 0 Å². The van der Waals surface area contributed by atoms with Crippen molar-refractivity contribution < 1.29 is 9.53 Å². The van der Waals surface area contributed by atoms with Crippen LogP contribution in [0.15, 0.2) is 12.3 Å². The van der Waals surface area contributed by atoms with Crippen molar-refractivity contribution in [2.75, 3.05) is 20.7 Å². The largest absolute Gasteiger partial charge is 0.461 e. The first kappa shape index (κ1) is 9.01. The highest BCUT2D eigenvalue weighted by molar-refractivity contribution is 5.86. The van der Waals surface area contributed by atoms with Gasteiger partial charge in [-0.25, -0.2) is 4.79 Å². The fourth-order valence-electron chi connectivity index (χ4n) is 0.397. The monoisotopic (exact) mass is 143 g/mol. The molecular weight excluding hydrogens is 130 g/mol. The van der Waals surface area contributed by atoms with Crippen molar-refractivity contribution in [3.63, 3.8) is 0 Å². The van der Waals surface area contributed by atoms with Crippen LogP contribution in [0.2, 0.25) is 0 Å². The Bertz CT molecular complexity index is 141. The zero-order valence-electron chi connectivity index (χ0n) is 6.68. The molecule has 0 bridgehead atoms. The molecule has 0 saturated carbocycles. The van der Waals surface area contributed by atoms with E-state index in [2.05, 4.69) is 11.3 Å². The molecular formula is C7H13NO2. The van der Waals surface area contributed by atoms with Gasteiger partial charge in [0.2, 0.25) is 0 Å². The number of carbonyl (C=O) groups is 1. The number of hydrogen-bond donors (Lipinski definition) is 0. The van der Waals surface area contributed by atoms with E-state index in [9.17, 15) is 4.79 Å². The van der Waals surface area contributed by atoms with Gasteiger partial charge in [0.15, 0.2) is 0 Å². The molecule has 0 heterocycles. The molecule has 0 atom stereocenters. The second kappa shape index (κ2) is 3.93. The van der Waals surface area contributed by atoms with E-state index in [0.29, 0.717) is 12.3 Å². The van der Waals surface area contributed by atoms with Crippen LogP contribution in [0.25, 0.3) is 0 Å². The average Bonchev–Trinajstić information content (AvgIpc) is 1.87. The van der Waals surface area contributed by atoms with E-state index in [1.165, 1.54) is 0 Å². The van der Waals surface area contributed by atoms with Crippen molar-refractivity contribution >= 4 is 5.97 Å². The Morgan fingerprint density at radius 1 is 1.60 bits per heavy atom. The third-order valence-electron chi connectivity index (χ3n) is 1.05. The molecule has 0 amide bonds. The molecule has 10 heavy (non-hydrogen) atoms. The van der Waals surface area contributed by atoms with Crippen molar-refractivity contribution in [2.24, 2.45) is 0 Å². The summed E-state index contributed by atoms with van der Waals surface area (Å²) in [5.41, 5.74) is 0.377. The number of likely N-dealkylation sites (N-methyl/N-ethyl adjacent to an activating group) is 1. The van der Waals surface area contributed by atoms with Gasteiger partial charge in [0.1, 0.15) is 5.70 Å². The summed E-state index contributed by atoms with van der Waals surface area (Å²) in [7, 11) is 3.50. The van der Waals surface area contributed by atoms with Crippen molar-refractivity contribution in [1.82, 2.24) is 4.90 Å². The molecule has 0 aromatic rings. The molecule has 0 saturated heterocycles. The van der Waals surface area contributed by atoms with Crippen LogP contribution < -0.4 is 0 Å². The fourth-order valence-corrected chi connectivity index (χ4v) is 0.397. The summed E-state index contributed by atoms with van der Waals surface area (Å²) in [6, 6.07) is 0. The Balaban J connectivity index is 3.83. The molecule has 0 aliphatic heterocycles. The number of rotatable bonds is 3. The predicted molar refractivity (Wildman–Crippen MR) is 39.5 cm³/mol. The maximum Gasteiger partial charge on any atom is 0.353 e. The van der Waals surface area contributed by atoms with E-state index >= 15 is 0 Å². The smallest absolute Gasteiger partial charge is 0.353 e. The minimum Gasteiger partial charge on any atom is -0.461 e. The fraction of sp³-hybridized carbons (Fsp3) is 0.571. The maximum absolute atomic E-state index is 10.8. The normalized spacial score (nSPS) is 8.70. The van der Waals surface area contributed by atoms with Crippen molar-refractivity contribution in [3.8, 4) is 0 Å². The van der Waals surface area contributed by atoms with Crippen LogP contribution in [0.3, 0.4) is 0 Å². The van der Waals surface area contributed by atoms with Crippen LogP contribution in [0.5, 0.6) is 0 Å². The summed E-state index contributed by atoms with van der Waals surface area (Å²) < 4.78 is 4.68. The van der Waals surface area contributed by atoms with Crippen LogP contribution in [-0.2, 0) is 9.53 Å². The molecule has 0 fully saturated rings. The second-order valence-electron chi connectivity index (χ2n) is 2.06. The van der Waals surface area contributed by atoms with Gasteiger partial charge in [0.05, 0.1) is 6.61 Å². The molecule has 0 aromatic carbocycles. The molecule has 0 N–H and O–H groups in total. The third-order valence-corrected chi connectivity index (χ3v) is 1.05. The quantitative estimate of drug-likeness (QED) is 0.428. The maximum atomic E-state index is 10.8. The number of nitrogens with zero attached hydrogens (tertiary/aromatic N) is 1.